The van der Waals surface area contributed by atoms with E-state index in [-0.39, 0.29) is 6.61 Å². The van der Waals surface area contributed by atoms with E-state index in [1.807, 2.05) is 0 Å². The number of nitrogens with zero attached hydrogens (tertiary/aromatic N) is 1. The van der Waals surface area contributed by atoms with E-state index in [1.165, 1.54) is 14.0 Å². The number of hydrogen-bond acceptors (Lipinski definition) is 2. The molecule has 0 fully saturated rings. The summed E-state index contributed by atoms with van der Waals surface area (Å²) in [5.74, 6) is -4.55. The lowest BCUT2D eigenvalue weighted by molar-refractivity contribution is 0.0672. The van der Waals surface area contributed by atoms with Crippen molar-refractivity contribution in [2.24, 2.45) is 0 Å². The number of amides is 1. The molecule has 0 aromatic heterocycles. The van der Waals surface area contributed by atoms with Gasteiger partial charge in [-0.15, -0.1) is 0 Å². The number of rotatable bonds is 3. The number of benzene rings is 1. The van der Waals surface area contributed by atoms with Crippen LogP contribution in [0.1, 0.15) is 17.3 Å². The maximum atomic E-state index is 13.3. The first-order chi connectivity index (χ1) is 7.88. The van der Waals surface area contributed by atoms with Gasteiger partial charge in [0.05, 0.1) is 12.6 Å². The van der Waals surface area contributed by atoms with Gasteiger partial charge in [0, 0.05) is 19.2 Å². The zero-order valence-corrected chi connectivity index (χ0v) is 9.38. The Kier molecular flexibility index (Phi) is 4.11. The minimum absolute atomic E-state index is 0.341. The first-order valence-electron chi connectivity index (χ1n) is 4.91. The molecule has 0 radical (unpaired) electrons. The maximum Gasteiger partial charge on any atom is 0.259 e. The molecule has 6 heteroatoms. The van der Waals surface area contributed by atoms with Crippen LogP contribution in [-0.4, -0.2) is 35.6 Å². The third-order valence-electron chi connectivity index (χ3n) is 2.47. The van der Waals surface area contributed by atoms with Gasteiger partial charge in [-0.3, -0.25) is 4.79 Å². The van der Waals surface area contributed by atoms with Gasteiger partial charge in [0.2, 0.25) is 0 Å². The van der Waals surface area contributed by atoms with Crippen LogP contribution in [0.3, 0.4) is 0 Å². The second-order valence-electron chi connectivity index (χ2n) is 3.69. The van der Waals surface area contributed by atoms with Crippen molar-refractivity contribution >= 4 is 5.91 Å². The molecule has 1 atom stereocenters. The highest BCUT2D eigenvalue weighted by Crippen LogP contribution is 2.17. The highest BCUT2D eigenvalue weighted by molar-refractivity contribution is 5.94. The first kappa shape index (κ1) is 13.5. The first-order valence-corrected chi connectivity index (χ1v) is 4.91. The van der Waals surface area contributed by atoms with Crippen LogP contribution in [0.15, 0.2) is 12.1 Å². The third-order valence-corrected chi connectivity index (χ3v) is 2.47. The number of aliphatic hydroxyl groups excluding tert-OH is 1. The molecule has 3 nitrogen and oxygen atoms in total. The van der Waals surface area contributed by atoms with Gasteiger partial charge in [0.1, 0.15) is 23.0 Å². The van der Waals surface area contributed by atoms with Crippen molar-refractivity contribution in [1.29, 1.82) is 0 Å². The van der Waals surface area contributed by atoms with Crippen LogP contribution in [0.2, 0.25) is 0 Å². The predicted octanol–water partition coefficient (Wildman–Crippen LogP) is 1.56. The molecular formula is C11H12F3NO2. The molecule has 1 aromatic carbocycles. The Morgan fingerprint density at radius 2 is 1.82 bits per heavy atom. The summed E-state index contributed by atoms with van der Waals surface area (Å²) in [6, 6.07) is 0.285. The lowest BCUT2D eigenvalue weighted by Crippen LogP contribution is -2.38. The SMILES string of the molecule is CC(CO)N(C)C(=O)c1c(F)cc(F)cc1F. The number of halogens is 3. The average molecular weight is 247 g/mol. The summed E-state index contributed by atoms with van der Waals surface area (Å²) >= 11 is 0. The summed E-state index contributed by atoms with van der Waals surface area (Å²) in [4.78, 5) is 12.7. The number of carbonyl (C=O) groups is 1. The largest absolute Gasteiger partial charge is 0.394 e. The molecule has 0 saturated carbocycles. The Bertz CT molecular complexity index is 414. The third kappa shape index (κ3) is 2.76. The zero-order valence-electron chi connectivity index (χ0n) is 9.38. The Hall–Kier alpha value is -1.56. The van der Waals surface area contributed by atoms with E-state index in [0.717, 1.165) is 4.90 Å². The van der Waals surface area contributed by atoms with Crippen LogP contribution in [-0.2, 0) is 0 Å². The van der Waals surface area contributed by atoms with E-state index in [0.29, 0.717) is 12.1 Å². The molecule has 1 rings (SSSR count). The van der Waals surface area contributed by atoms with E-state index in [4.69, 9.17) is 5.11 Å². The molecule has 17 heavy (non-hydrogen) atoms. The Morgan fingerprint density at radius 3 is 2.24 bits per heavy atom. The van der Waals surface area contributed by atoms with Crippen molar-refractivity contribution in [1.82, 2.24) is 4.90 Å². The highest BCUT2D eigenvalue weighted by Gasteiger charge is 2.24. The van der Waals surface area contributed by atoms with Crippen molar-refractivity contribution in [3.63, 3.8) is 0 Å². The van der Waals surface area contributed by atoms with Crippen LogP contribution in [0.4, 0.5) is 13.2 Å². The van der Waals surface area contributed by atoms with Gasteiger partial charge in [-0.25, -0.2) is 13.2 Å². The fourth-order valence-electron chi connectivity index (χ4n) is 1.25. The minimum Gasteiger partial charge on any atom is -0.394 e. The molecule has 1 N–H and O–H groups in total. The molecular weight excluding hydrogens is 235 g/mol. The summed E-state index contributed by atoms with van der Waals surface area (Å²) in [7, 11) is 1.30. The zero-order chi connectivity index (χ0) is 13.2. The number of carbonyl (C=O) groups excluding carboxylic acids is 1. The second-order valence-corrected chi connectivity index (χ2v) is 3.69. The van der Waals surface area contributed by atoms with Gasteiger partial charge in [-0.05, 0) is 6.92 Å². The lowest BCUT2D eigenvalue weighted by atomic mass is 10.1. The smallest absolute Gasteiger partial charge is 0.259 e. The lowest BCUT2D eigenvalue weighted by Gasteiger charge is -2.23. The topological polar surface area (TPSA) is 40.5 Å². The Labute approximate surface area is 96.5 Å². The van der Waals surface area contributed by atoms with Crippen LogP contribution >= 0.6 is 0 Å². The van der Waals surface area contributed by atoms with Crippen molar-refractivity contribution in [3.05, 3.63) is 35.1 Å². The minimum atomic E-state index is -1.26. The van der Waals surface area contributed by atoms with Crippen molar-refractivity contribution in [2.45, 2.75) is 13.0 Å². The highest BCUT2D eigenvalue weighted by atomic mass is 19.1. The normalized spacial score (nSPS) is 12.4. The van der Waals surface area contributed by atoms with E-state index < -0.39 is 35.0 Å². The van der Waals surface area contributed by atoms with Crippen LogP contribution < -0.4 is 0 Å². The van der Waals surface area contributed by atoms with Crippen molar-refractivity contribution in [3.8, 4) is 0 Å². The second kappa shape index (κ2) is 5.18. The maximum absolute atomic E-state index is 13.3. The molecule has 0 aliphatic carbocycles. The summed E-state index contributed by atoms with van der Waals surface area (Å²) in [6.45, 7) is 1.17. The van der Waals surface area contributed by atoms with Gasteiger partial charge in [0.15, 0.2) is 0 Å². The summed E-state index contributed by atoms with van der Waals surface area (Å²) in [5.41, 5.74) is -0.825. The van der Waals surface area contributed by atoms with Gasteiger partial charge in [0.25, 0.3) is 5.91 Å². The van der Waals surface area contributed by atoms with Crippen LogP contribution in [0.5, 0.6) is 0 Å². The fraction of sp³-hybridized carbons (Fsp3) is 0.364. The van der Waals surface area contributed by atoms with E-state index in [9.17, 15) is 18.0 Å². The van der Waals surface area contributed by atoms with E-state index in [1.54, 1.807) is 0 Å². The van der Waals surface area contributed by atoms with Gasteiger partial charge in [-0.1, -0.05) is 0 Å². The van der Waals surface area contributed by atoms with E-state index in [2.05, 4.69) is 0 Å². The number of likely N-dealkylation sites (N-methyl/N-ethyl adjacent to an activating group) is 1. The molecule has 1 unspecified atom stereocenters. The Morgan fingerprint density at radius 1 is 1.35 bits per heavy atom. The molecule has 94 valence electrons. The number of aliphatic hydroxyl groups is 1. The monoisotopic (exact) mass is 247 g/mol. The fourth-order valence-corrected chi connectivity index (χ4v) is 1.25. The molecule has 0 aliphatic heterocycles. The molecule has 0 spiro atoms. The molecule has 1 amide bonds. The summed E-state index contributed by atoms with van der Waals surface area (Å²) in [5, 5.41) is 8.84. The van der Waals surface area contributed by atoms with Crippen LogP contribution in [0, 0.1) is 17.5 Å². The molecule has 0 saturated heterocycles. The number of hydrogen-bond donors (Lipinski definition) is 1. The van der Waals surface area contributed by atoms with E-state index >= 15 is 0 Å². The average Bonchev–Trinajstić information content (AvgIpc) is 2.25. The van der Waals surface area contributed by atoms with Gasteiger partial charge in [-0.2, -0.15) is 0 Å². The summed E-state index contributed by atoms with van der Waals surface area (Å²) < 4.78 is 39.3. The summed E-state index contributed by atoms with van der Waals surface area (Å²) in [6.07, 6.45) is 0. The standard InChI is InChI=1S/C11H12F3NO2/c1-6(5-16)15(2)11(17)10-8(13)3-7(12)4-9(10)14/h3-4,6,16H,5H2,1-2H3. The van der Waals surface area contributed by atoms with Gasteiger partial charge < -0.3 is 10.0 Å². The quantitative estimate of drug-likeness (QED) is 0.880. The van der Waals surface area contributed by atoms with Gasteiger partial charge >= 0.3 is 0 Å². The predicted molar refractivity (Wildman–Crippen MR) is 55.0 cm³/mol. The van der Waals surface area contributed by atoms with Crippen molar-refractivity contribution < 1.29 is 23.1 Å². The molecule has 1 aromatic rings. The Balaban J connectivity index is 3.13. The molecule has 0 heterocycles. The van der Waals surface area contributed by atoms with Crippen LogP contribution in [0.25, 0.3) is 0 Å². The molecule has 0 aliphatic rings. The van der Waals surface area contributed by atoms with Crippen molar-refractivity contribution in [2.75, 3.05) is 13.7 Å². The molecule has 0 bridgehead atoms.